The maximum atomic E-state index is 12.7. The van der Waals surface area contributed by atoms with Crippen molar-refractivity contribution >= 4 is 16.7 Å². The molecule has 4 nitrogen and oxygen atoms in total. The van der Waals surface area contributed by atoms with Gasteiger partial charge in [-0.3, -0.25) is 9.69 Å². The highest BCUT2D eigenvalue weighted by Crippen LogP contribution is 2.30. The van der Waals surface area contributed by atoms with Crippen molar-refractivity contribution in [3.63, 3.8) is 0 Å². The fourth-order valence-electron chi connectivity index (χ4n) is 4.09. The Balaban J connectivity index is 1.59. The first-order valence-corrected chi connectivity index (χ1v) is 9.90. The van der Waals surface area contributed by atoms with E-state index in [0.717, 1.165) is 13.1 Å². The second kappa shape index (κ2) is 8.44. The highest BCUT2D eigenvalue weighted by atomic mass is 16.5. The van der Waals surface area contributed by atoms with Crippen LogP contribution in [0.15, 0.2) is 66.7 Å². The Morgan fingerprint density at radius 2 is 1.79 bits per heavy atom. The number of hydrogen-bond donors (Lipinski definition) is 1. The molecule has 1 heterocycles. The van der Waals surface area contributed by atoms with Gasteiger partial charge < -0.3 is 10.1 Å². The maximum Gasteiger partial charge on any atom is 0.251 e. The van der Waals surface area contributed by atoms with Crippen molar-refractivity contribution in [3.8, 4) is 5.75 Å². The second-order valence-corrected chi connectivity index (χ2v) is 7.27. The van der Waals surface area contributed by atoms with E-state index in [1.54, 1.807) is 13.2 Å². The van der Waals surface area contributed by atoms with Gasteiger partial charge in [0, 0.05) is 12.1 Å². The molecule has 1 N–H and O–H groups in total. The van der Waals surface area contributed by atoms with Crippen molar-refractivity contribution in [2.45, 2.75) is 18.9 Å². The molecule has 4 heteroatoms. The Labute approximate surface area is 166 Å². The van der Waals surface area contributed by atoms with Crippen LogP contribution in [-0.4, -0.2) is 37.6 Å². The van der Waals surface area contributed by atoms with Gasteiger partial charge in [0.05, 0.1) is 13.2 Å². The van der Waals surface area contributed by atoms with Crippen molar-refractivity contribution < 1.29 is 9.53 Å². The first-order valence-electron chi connectivity index (χ1n) is 9.90. The Kier molecular flexibility index (Phi) is 5.58. The molecule has 4 rings (SSSR count). The van der Waals surface area contributed by atoms with E-state index in [1.807, 2.05) is 18.2 Å². The molecule has 0 radical (unpaired) electrons. The Bertz CT molecular complexity index is 958. The summed E-state index contributed by atoms with van der Waals surface area (Å²) in [6.07, 6.45) is 2.43. The van der Waals surface area contributed by atoms with E-state index in [2.05, 4.69) is 52.7 Å². The zero-order valence-electron chi connectivity index (χ0n) is 16.2. The molecule has 1 aliphatic rings. The van der Waals surface area contributed by atoms with Crippen LogP contribution in [0, 0.1) is 0 Å². The van der Waals surface area contributed by atoms with Gasteiger partial charge in [0.1, 0.15) is 5.75 Å². The zero-order chi connectivity index (χ0) is 19.3. The molecule has 0 unspecified atom stereocenters. The minimum atomic E-state index is -0.0664. The average molecular weight is 374 g/mol. The summed E-state index contributed by atoms with van der Waals surface area (Å²) < 4.78 is 5.24. The SMILES string of the molecule is COc1cccc(C(=O)NC[C@@H](c2cccc3ccccc23)N2CCCC2)c1. The molecular formula is C24H26N2O2. The Morgan fingerprint density at radius 3 is 2.61 bits per heavy atom. The van der Waals surface area contributed by atoms with Crippen molar-refractivity contribution in [2.75, 3.05) is 26.7 Å². The lowest BCUT2D eigenvalue weighted by atomic mass is 9.97. The summed E-state index contributed by atoms with van der Waals surface area (Å²) in [5.74, 6) is 0.626. The fraction of sp³-hybridized carbons (Fsp3) is 0.292. The number of fused-ring (bicyclic) bond motifs is 1. The lowest BCUT2D eigenvalue weighted by molar-refractivity contribution is 0.0937. The van der Waals surface area contributed by atoms with Crippen LogP contribution >= 0.6 is 0 Å². The predicted molar refractivity (Wildman–Crippen MR) is 113 cm³/mol. The second-order valence-electron chi connectivity index (χ2n) is 7.27. The van der Waals surface area contributed by atoms with Gasteiger partial charge in [-0.1, -0.05) is 48.5 Å². The third-order valence-corrected chi connectivity index (χ3v) is 5.55. The number of carbonyl (C=O) groups excluding carboxylic acids is 1. The lowest BCUT2D eigenvalue weighted by Gasteiger charge is -2.29. The predicted octanol–water partition coefficient (Wildman–Crippen LogP) is 4.42. The highest BCUT2D eigenvalue weighted by Gasteiger charge is 2.25. The van der Waals surface area contributed by atoms with Crippen molar-refractivity contribution in [1.29, 1.82) is 0 Å². The highest BCUT2D eigenvalue weighted by molar-refractivity contribution is 5.94. The summed E-state index contributed by atoms with van der Waals surface area (Å²) in [6.45, 7) is 2.73. The Morgan fingerprint density at radius 1 is 1.04 bits per heavy atom. The smallest absolute Gasteiger partial charge is 0.251 e. The van der Waals surface area contributed by atoms with Gasteiger partial charge in [-0.05, 0) is 60.5 Å². The molecule has 0 aliphatic carbocycles. The normalized spacial score (nSPS) is 15.5. The maximum absolute atomic E-state index is 12.7. The summed E-state index contributed by atoms with van der Waals surface area (Å²) >= 11 is 0. The number of nitrogens with one attached hydrogen (secondary N) is 1. The van der Waals surface area contributed by atoms with E-state index < -0.39 is 0 Å². The van der Waals surface area contributed by atoms with Crippen LogP contribution in [0.5, 0.6) is 5.75 Å². The van der Waals surface area contributed by atoms with Gasteiger partial charge in [-0.2, -0.15) is 0 Å². The monoisotopic (exact) mass is 374 g/mol. The molecule has 1 amide bonds. The first kappa shape index (κ1) is 18.5. The van der Waals surface area contributed by atoms with E-state index in [1.165, 1.54) is 29.2 Å². The summed E-state index contributed by atoms with van der Waals surface area (Å²) in [6, 6.07) is 22.4. The largest absolute Gasteiger partial charge is 0.497 e. The number of carbonyl (C=O) groups is 1. The summed E-state index contributed by atoms with van der Waals surface area (Å²) in [7, 11) is 1.61. The topological polar surface area (TPSA) is 41.6 Å². The van der Waals surface area contributed by atoms with Gasteiger partial charge >= 0.3 is 0 Å². The molecular weight excluding hydrogens is 348 g/mol. The van der Waals surface area contributed by atoms with Gasteiger partial charge in [-0.25, -0.2) is 0 Å². The molecule has 3 aromatic rings. The zero-order valence-corrected chi connectivity index (χ0v) is 16.2. The summed E-state index contributed by atoms with van der Waals surface area (Å²) in [5, 5.41) is 5.66. The standard InChI is InChI=1S/C24H26N2O2/c1-28-20-11-6-10-19(16-20)24(27)25-17-23(26-14-4-5-15-26)22-13-7-9-18-8-2-3-12-21(18)22/h2-3,6-13,16,23H,4-5,14-15,17H2,1H3,(H,25,27)/t23-/m0/s1. The molecule has 0 spiro atoms. The summed E-state index contributed by atoms with van der Waals surface area (Å²) in [4.78, 5) is 15.2. The number of likely N-dealkylation sites (tertiary alicyclic amines) is 1. The van der Waals surface area contributed by atoms with Crippen LogP contribution in [0.2, 0.25) is 0 Å². The van der Waals surface area contributed by atoms with E-state index in [4.69, 9.17) is 4.74 Å². The molecule has 28 heavy (non-hydrogen) atoms. The number of ether oxygens (including phenoxy) is 1. The number of nitrogens with zero attached hydrogens (tertiary/aromatic N) is 1. The van der Waals surface area contributed by atoms with E-state index >= 15 is 0 Å². The molecule has 1 fully saturated rings. The lowest BCUT2D eigenvalue weighted by Crippen LogP contribution is -2.36. The van der Waals surface area contributed by atoms with Gasteiger partial charge in [0.2, 0.25) is 0 Å². The van der Waals surface area contributed by atoms with Crippen LogP contribution < -0.4 is 10.1 Å². The quantitative estimate of drug-likeness (QED) is 0.695. The van der Waals surface area contributed by atoms with Crippen LogP contribution in [0.25, 0.3) is 10.8 Å². The average Bonchev–Trinajstić information content (AvgIpc) is 3.28. The number of amides is 1. The Hall–Kier alpha value is -2.85. The van der Waals surface area contributed by atoms with Crippen LogP contribution in [0.1, 0.15) is 34.8 Å². The molecule has 3 aromatic carbocycles. The molecule has 0 aromatic heterocycles. The summed E-state index contributed by atoms with van der Waals surface area (Å²) in [5.41, 5.74) is 1.91. The molecule has 1 aliphatic heterocycles. The molecule has 0 saturated carbocycles. The first-order chi connectivity index (χ1) is 13.8. The van der Waals surface area contributed by atoms with Gasteiger partial charge in [-0.15, -0.1) is 0 Å². The molecule has 0 bridgehead atoms. The van der Waals surface area contributed by atoms with Crippen LogP contribution in [0.4, 0.5) is 0 Å². The minimum Gasteiger partial charge on any atom is -0.497 e. The number of hydrogen-bond acceptors (Lipinski definition) is 3. The number of methoxy groups -OCH3 is 1. The third-order valence-electron chi connectivity index (χ3n) is 5.55. The molecule has 144 valence electrons. The van der Waals surface area contributed by atoms with Crippen LogP contribution in [-0.2, 0) is 0 Å². The number of benzene rings is 3. The van der Waals surface area contributed by atoms with E-state index in [9.17, 15) is 4.79 Å². The molecule has 1 atom stereocenters. The van der Waals surface area contributed by atoms with Crippen LogP contribution in [0.3, 0.4) is 0 Å². The van der Waals surface area contributed by atoms with E-state index in [0.29, 0.717) is 17.9 Å². The van der Waals surface area contributed by atoms with E-state index in [-0.39, 0.29) is 11.9 Å². The molecule has 1 saturated heterocycles. The van der Waals surface area contributed by atoms with Crippen molar-refractivity contribution in [2.24, 2.45) is 0 Å². The van der Waals surface area contributed by atoms with Gasteiger partial charge in [0.25, 0.3) is 5.91 Å². The van der Waals surface area contributed by atoms with Crippen molar-refractivity contribution in [3.05, 3.63) is 77.9 Å². The van der Waals surface area contributed by atoms with Crippen molar-refractivity contribution in [1.82, 2.24) is 10.2 Å². The number of rotatable bonds is 6. The fourth-order valence-corrected chi connectivity index (χ4v) is 4.09. The van der Waals surface area contributed by atoms with Gasteiger partial charge in [0.15, 0.2) is 0 Å². The minimum absolute atomic E-state index is 0.0664. The third kappa shape index (κ3) is 3.87.